The lowest BCUT2D eigenvalue weighted by atomic mass is 10.2. The maximum atomic E-state index is 11.8. The Bertz CT molecular complexity index is 479. The van der Waals surface area contributed by atoms with Gasteiger partial charge in [-0.05, 0) is 24.8 Å². The van der Waals surface area contributed by atoms with Gasteiger partial charge in [-0.15, -0.1) is 0 Å². The number of carbonyl (C=O) groups excluding carboxylic acids is 1. The molecule has 0 radical (unpaired) electrons. The first-order valence-electron chi connectivity index (χ1n) is 6.09. The van der Waals surface area contributed by atoms with E-state index in [0.717, 1.165) is 12.8 Å². The largest absolute Gasteiger partial charge is 0.349 e. The summed E-state index contributed by atoms with van der Waals surface area (Å²) in [6.07, 6.45) is 5.02. The highest BCUT2D eigenvalue weighted by atomic mass is 16.2. The van der Waals surface area contributed by atoms with Gasteiger partial charge in [-0.3, -0.25) is 9.59 Å². The minimum absolute atomic E-state index is 0.133. The Labute approximate surface area is 101 Å². The molecular formula is C13H18N2O2. The van der Waals surface area contributed by atoms with Crippen LogP contribution in [0.15, 0.2) is 23.1 Å². The van der Waals surface area contributed by atoms with E-state index in [1.54, 1.807) is 19.3 Å². The van der Waals surface area contributed by atoms with E-state index in [1.807, 2.05) is 0 Å². The maximum absolute atomic E-state index is 11.8. The molecule has 4 heteroatoms. The molecule has 1 aromatic rings. The Balaban J connectivity index is 1.96. The first kappa shape index (κ1) is 11.9. The Morgan fingerprint density at radius 3 is 3.00 bits per heavy atom. The van der Waals surface area contributed by atoms with Crippen LogP contribution < -0.4 is 10.9 Å². The third kappa shape index (κ3) is 2.75. The molecule has 2 atom stereocenters. The molecule has 0 aliphatic heterocycles. The summed E-state index contributed by atoms with van der Waals surface area (Å²) in [4.78, 5) is 23.2. The van der Waals surface area contributed by atoms with Crippen LogP contribution in [-0.2, 0) is 7.05 Å². The molecule has 1 heterocycles. The average Bonchev–Trinajstić information content (AvgIpc) is 3.01. The normalized spacial score (nSPS) is 22.2. The van der Waals surface area contributed by atoms with E-state index in [9.17, 15) is 9.59 Å². The molecule has 1 aliphatic rings. The van der Waals surface area contributed by atoms with Gasteiger partial charge in [-0.25, -0.2) is 0 Å². The molecule has 0 bridgehead atoms. The first-order chi connectivity index (χ1) is 8.11. The van der Waals surface area contributed by atoms with Crippen LogP contribution in [0, 0.1) is 5.92 Å². The molecule has 0 spiro atoms. The zero-order chi connectivity index (χ0) is 12.4. The van der Waals surface area contributed by atoms with Gasteiger partial charge in [-0.1, -0.05) is 13.3 Å². The van der Waals surface area contributed by atoms with Gasteiger partial charge in [0.2, 0.25) is 0 Å². The lowest BCUT2D eigenvalue weighted by molar-refractivity contribution is 0.0948. The van der Waals surface area contributed by atoms with E-state index >= 15 is 0 Å². The number of nitrogens with one attached hydrogen (secondary N) is 1. The van der Waals surface area contributed by atoms with Crippen molar-refractivity contribution in [1.82, 2.24) is 9.88 Å². The minimum atomic E-state index is -0.154. The van der Waals surface area contributed by atoms with Crippen molar-refractivity contribution in [2.75, 3.05) is 0 Å². The maximum Gasteiger partial charge on any atom is 0.251 e. The van der Waals surface area contributed by atoms with Crippen molar-refractivity contribution >= 4 is 5.91 Å². The van der Waals surface area contributed by atoms with E-state index < -0.39 is 0 Å². The second kappa shape index (κ2) is 4.73. The van der Waals surface area contributed by atoms with Crippen LogP contribution >= 0.6 is 0 Å². The number of carbonyl (C=O) groups is 1. The van der Waals surface area contributed by atoms with Crippen LogP contribution in [0.25, 0.3) is 0 Å². The molecule has 2 unspecified atom stereocenters. The molecule has 0 aromatic carbocycles. The van der Waals surface area contributed by atoms with Crippen LogP contribution in [0.4, 0.5) is 0 Å². The van der Waals surface area contributed by atoms with E-state index in [0.29, 0.717) is 17.5 Å². The highest BCUT2D eigenvalue weighted by molar-refractivity contribution is 5.94. The molecule has 1 aliphatic carbocycles. The Morgan fingerprint density at radius 1 is 1.59 bits per heavy atom. The third-order valence-electron chi connectivity index (χ3n) is 3.27. The molecule has 1 amide bonds. The van der Waals surface area contributed by atoms with Gasteiger partial charge in [0, 0.05) is 30.9 Å². The predicted molar refractivity (Wildman–Crippen MR) is 66.0 cm³/mol. The predicted octanol–water partition coefficient (Wildman–Crippen LogP) is 1.30. The third-order valence-corrected chi connectivity index (χ3v) is 3.27. The lowest BCUT2D eigenvalue weighted by Crippen LogP contribution is -2.28. The highest BCUT2D eigenvalue weighted by Crippen LogP contribution is 2.34. The second-order valence-corrected chi connectivity index (χ2v) is 4.73. The van der Waals surface area contributed by atoms with Crippen molar-refractivity contribution in [3.8, 4) is 0 Å². The molecule has 17 heavy (non-hydrogen) atoms. The van der Waals surface area contributed by atoms with Gasteiger partial charge in [0.25, 0.3) is 11.5 Å². The Morgan fingerprint density at radius 2 is 2.35 bits per heavy atom. The number of aromatic nitrogens is 1. The molecule has 1 saturated carbocycles. The molecule has 1 fully saturated rings. The number of pyridine rings is 1. The number of hydrogen-bond acceptors (Lipinski definition) is 2. The molecular weight excluding hydrogens is 216 g/mol. The summed E-state index contributed by atoms with van der Waals surface area (Å²) < 4.78 is 1.45. The summed E-state index contributed by atoms with van der Waals surface area (Å²) in [6.45, 7) is 2.15. The topological polar surface area (TPSA) is 51.1 Å². The van der Waals surface area contributed by atoms with Crippen LogP contribution in [0.3, 0.4) is 0 Å². The molecule has 4 nitrogen and oxygen atoms in total. The summed E-state index contributed by atoms with van der Waals surface area (Å²) in [6, 6.07) is 3.37. The lowest BCUT2D eigenvalue weighted by Gasteiger charge is -2.05. The molecule has 1 N–H and O–H groups in total. The SMILES string of the molecule is CCCC1CC1NC(=O)c1ccn(C)c(=O)c1. The Hall–Kier alpha value is -1.58. The Kier molecular flexibility index (Phi) is 3.31. The molecule has 2 rings (SSSR count). The summed E-state index contributed by atoms with van der Waals surface area (Å²) in [5.41, 5.74) is 0.300. The van der Waals surface area contributed by atoms with E-state index in [-0.39, 0.29) is 11.5 Å². The van der Waals surface area contributed by atoms with Crippen LogP contribution in [-0.4, -0.2) is 16.5 Å². The first-order valence-corrected chi connectivity index (χ1v) is 6.09. The zero-order valence-corrected chi connectivity index (χ0v) is 10.3. The fraction of sp³-hybridized carbons (Fsp3) is 0.538. The monoisotopic (exact) mass is 234 g/mol. The van der Waals surface area contributed by atoms with Crippen molar-refractivity contribution in [3.05, 3.63) is 34.2 Å². The van der Waals surface area contributed by atoms with Crippen molar-refractivity contribution in [3.63, 3.8) is 0 Å². The van der Waals surface area contributed by atoms with E-state index in [4.69, 9.17) is 0 Å². The fourth-order valence-corrected chi connectivity index (χ4v) is 2.06. The fourth-order valence-electron chi connectivity index (χ4n) is 2.06. The molecule has 0 saturated heterocycles. The van der Waals surface area contributed by atoms with Gasteiger partial charge in [0.15, 0.2) is 0 Å². The number of hydrogen-bond donors (Lipinski definition) is 1. The summed E-state index contributed by atoms with van der Waals surface area (Å²) >= 11 is 0. The van der Waals surface area contributed by atoms with Crippen molar-refractivity contribution < 1.29 is 4.79 Å². The number of aryl methyl sites for hydroxylation is 1. The summed E-state index contributed by atoms with van der Waals surface area (Å²) in [5.74, 6) is 0.502. The average molecular weight is 234 g/mol. The molecule has 92 valence electrons. The summed E-state index contributed by atoms with van der Waals surface area (Å²) in [7, 11) is 1.67. The van der Waals surface area contributed by atoms with Crippen molar-refractivity contribution in [1.29, 1.82) is 0 Å². The second-order valence-electron chi connectivity index (χ2n) is 4.73. The van der Waals surface area contributed by atoms with Crippen LogP contribution in [0.2, 0.25) is 0 Å². The number of nitrogens with zero attached hydrogens (tertiary/aromatic N) is 1. The van der Waals surface area contributed by atoms with Gasteiger partial charge >= 0.3 is 0 Å². The van der Waals surface area contributed by atoms with Gasteiger partial charge in [0.1, 0.15) is 0 Å². The number of rotatable bonds is 4. The van der Waals surface area contributed by atoms with E-state index in [2.05, 4.69) is 12.2 Å². The van der Waals surface area contributed by atoms with Crippen LogP contribution in [0.5, 0.6) is 0 Å². The minimum Gasteiger partial charge on any atom is -0.349 e. The smallest absolute Gasteiger partial charge is 0.251 e. The number of amides is 1. The zero-order valence-electron chi connectivity index (χ0n) is 10.3. The highest BCUT2D eigenvalue weighted by Gasteiger charge is 2.37. The van der Waals surface area contributed by atoms with Gasteiger partial charge in [0.05, 0.1) is 0 Å². The molecule has 1 aromatic heterocycles. The standard InChI is InChI=1S/C13H18N2O2/c1-3-4-9-7-11(9)14-13(17)10-5-6-15(2)12(16)8-10/h5-6,8-9,11H,3-4,7H2,1-2H3,(H,14,17). The van der Waals surface area contributed by atoms with Crippen LogP contribution in [0.1, 0.15) is 36.5 Å². The van der Waals surface area contributed by atoms with Crippen molar-refractivity contribution in [2.45, 2.75) is 32.2 Å². The quantitative estimate of drug-likeness (QED) is 0.853. The summed E-state index contributed by atoms with van der Waals surface area (Å²) in [5, 5.41) is 2.96. The van der Waals surface area contributed by atoms with Crippen molar-refractivity contribution in [2.24, 2.45) is 13.0 Å². The van der Waals surface area contributed by atoms with Gasteiger partial charge < -0.3 is 9.88 Å². The van der Waals surface area contributed by atoms with E-state index in [1.165, 1.54) is 17.1 Å². The van der Waals surface area contributed by atoms with Gasteiger partial charge in [-0.2, -0.15) is 0 Å².